The SMILES string of the molecule is NCC(=O)NCC(=O)NCCNc1ccc([N+](=O)[O-])cc1[N+](=O)[O-]. The number of non-ortho nitro benzene ring substituents is 1. The molecule has 5 N–H and O–H groups in total. The van der Waals surface area contributed by atoms with Crippen LogP contribution in [0, 0.1) is 20.2 Å². The molecule has 1 rings (SSSR count). The lowest BCUT2D eigenvalue weighted by atomic mass is 10.2. The van der Waals surface area contributed by atoms with Crippen molar-refractivity contribution < 1.29 is 19.4 Å². The molecule has 0 aliphatic heterocycles. The van der Waals surface area contributed by atoms with Crippen LogP contribution in [0.4, 0.5) is 17.1 Å². The third kappa shape index (κ3) is 5.84. The molecule has 0 unspecified atom stereocenters. The second-order valence-corrected chi connectivity index (χ2v) is 4.47. The first-order chi connectivity index (χ1) is 11.3. The smallest absolute Gasteiger partial charge is 0.299 e. The number of carbonyl (C=O) groups is 2. The molecule has 24 heavy (non-hydrogen) atoms. The van der Waals surface area contributed by atoms with Crippen molar-refractivity contribution in [3.63, 3.8) is 0 Å². The number of benzene rings is 1. The van der Waals surface area contributed by atoms with Crippen molar-refractivity contribution in [1.82, 2.24) is 10.6 Å². The molecule has 0 aliphatic carbocycles. The lowest BCUT2D eigenvalue weighted by Crippen LogP contribution is -2.40. The number of hydrogen-bond donors (Lipinski definition) is 4. The average Bonchev–Trinajstić information content (AvgIpc) is 2.56. The maximum atomic E-state index is 11.4. The number of hydrogen-bond acceptors (Lipinski definition) is 8. The minimum atomic E-state index is -0.740. The van der Waals surface area contributed by atoms with E-state index in [2.05, 4.69) is 16.0 Å². The van der Waals surface area contributed by atoms with Crippen molar-refractivity contribution in [2.24, 2.45) is 5.73 Å². The number of amides is 2. The molecule has 12 nitrogen and oxygen atoms in total. The van der Waals surface area contributed by atoms with E-state index in [-0.39, 0.29) is 31.9 Å². The summed E-state index contributed by atoms with van der Waals surface area (Å²) in [5.41, 5.74) is 4.32. The van der Waals surface area contributed by atoms with Gasteiger partial charge in [-0.05, 0) is 6.07 Å². The molecule has 12 heteroatoms. The first-order valence-electron chi connectivity index (χ1n) is 6.75. The summed E-state index contributed by atoms with van der Waals surface area (Å²) < 4.78 is 0. The quantitative estimate of drug-likeness (QED) is 0.253. The van der Waals surface area contributed by atoms with Crippen LogP contribution < -0.4 is 21.7 Å². The third-order valence-corrected chi connectivity index (χ3v) is 2.78. The number of nitro groups is 2. The summed E-state index contributed by atoms with van der Waals surface area (Å²) in [6, 6.07) is 3.21. The van der Waals surface area contributed by atoms with Crippen molar-refractivity contribution >= 4 is 28.9 Å². The molecular weight excluding hydrogens is 324 g/mol. The molecule has 0 bridgehead atoms. The molecule has 1 aromatic carbocycles. The van der Waals surface area contributed by atoms with Gasteiger partial charge in [0.25, 0.3) is 11.4 Å². The number of nitrogens with one attached hydrogen (secondary N) is 3. The van der Waals surface area contributed by atoms with Gasteiger partial charge in [0, 0.05) is 19.2 Å². The van der Waals surface area contributed by atoms with Crippen LogP contribution in [0.15, 0.2) is 18.2 Å². The summed E-state index contributed by atoms with van der Waals surface area (Å²) in [6.07, 6.45) is 0. The van der Waals surface area contributed by atoms with Gasteiger partial charge in [-0.1, -0.05) is 0 Å². The largest absolute Gasteiger partial charge is 0.378 e. The van der Waals surface area contributed by atoms with Gasteiger partial charge in [-0.2, -0.15) is 0 Å². The Morgan fingerprint density at radius 3 is 2.33 bits per heavy atom. The molecule has 0 fully saturated rings. The van der Waals surface area contributed by atoms with E-state index in [0.29, 0.717) is 0 Å². The molecule has 0 heterocycles. The van der Waals surface area contributed by atoms with E-state index in [1.807, 2.05) is 0 Å². The maximum absolute atomic E-state index is 11.4. The van der Waals surface area contributed by atoms with Gasteiger partial charge in [0.2, 0.25) is 11.8 Å². The topological polar surface area (TPSA) is 183 Å². The fraction of sp³-hybridized carbons (Fsp3) is 0.333. The van der Waals surface area contributed by atoms with E-state index in [1.165, 1.54) is 6.07 Å². The zero-order valence-corrected chi connectivity index (χ0v) is 12.5. The van der Waals surface area contributed by atoms with Crippen LogP contribution in [-0.4, -0.2) is 47.8 Å². The summed E-state index contributed by atoms with van der Waals surface area (Å²) in [5, 5.41) is 29.0. The van der Waals surface area contributed by atoms with E-state index in [0.717, 1.165) is 12.1 Å². The number of nitro benzene ring substituents is 2. The number of nitrogens with zero attached hydrogens (tertiary/aromatic N) is 2. The first kappa shape index (κ1) is 18.8. The van der Waals surface area contributed by atoms with Crippen LogP contribution in [0.5, 0.6) is 0 Å². The molecule has 0 atom stereocenters. The Kier molecular flexibility index (Phi) is 7.03. The van der Waals surface area contributed by atoms with E-state index in [1.54, 1.807) is 0 Å². The van der Waals surface area contributed by atoms with Gasteiger partial charge in [-0.15, -0.1) is 0 Å². The van der Waals surface area contributed by atoms with Crippen LogP contribution in [0.3, 0.4) is 0 Å². The molecule has 2 amide bonds. The number of nitrogens with two attached hydrogens (primary N) is 1. The zero-order chi connectivity index (χ0) is 18.1. The maximum Gasteiger partial charge on any atom is 0.299 e. The van der Waals surface area contributed by atoms with Crippen molar-refractivity contribution in [2.75, 3.05) is 31.5 Å². The van der Waals surface area contributed by atoms with Gasteiger partial charge in [0.1, 0.15) is 5.69 Å². The predicted molar refractivity (Wildman–Crippen MR) is 83.3 cm³/mol. The molecule has 0 aliphatic rings. The highest BCUT2D eigenvalue weighted by molar-refractivity contribution is 5.85. The van der Waals surface area contributed by atoms with Crippen LogP contribution in [-0.2, 0) is 9.59 Å². The van der Waals surface area contributed by atoms with Crippen molar-refractivity contribution in [3.05, 3.63) is 38.4 Å². The Balaban J connectivity index is 2.50. The standard InChI is InChI=1S/C12H16N6O6/c13-6-11(19)16-7-12(20)15-4-3-14-9-2-1-8(17(21)22)5-10(9)18(23)24/h1-2,5,14H,3-4,6-7,13H2,(H,15,20)(H,16,19). The van der Waals surface area contributed by atoms with Crippen molar-refractivity contribution in [1.29, 1.82) is 0 Å². The van der Waals surface area contributed by atoms with E-state index in [9.17, 15) is 29.8 Å². The van der Waals surface area contributed by atoms with Gasteiger partial charge in [0.15, 0.2) is 0 Å². The average molecular weight is 340 g/mol. The van der Waals surface area contributed by atoms with Crippen LogP contribution in [0.1, 0.15) is 0 Å². The Morgan fingerprint density at radius 1 is 1.04 bits per heavy atom. The summed E-state index contributed by atoms with van der Waals surface area (Å²) in [4.78, 5) is 42.4. The molecule has 0 radical (unpaired) electrons. The first-order valence-corrected chi connectivity index (χ1v) is 6.75. The van der Waals surface area contributed by atoms with Crippen LogP contribution >= 0.6 is 0 Å². The van der Waals surface area contributed by atoms with Crippen molar-refractivity contribution in [2.45, 2.75) is 0 Å². The van der Waals surface area contributed by atoms with Gasteiger partial charge >= 0.3 is 0 Å². The summed E-state index contributed by atoms with van der Waals surface area (Å²) in [5.74, 6) is -0.915. The summed E-state index contributed by atoms with van der Waals surface area (Å²) in [7, 11) is 0. The highest BCUT2D eigenvalue weighted by Crippen LogP contribution is 2.28. The van der Waals surface area contributed by atoms with E-state index >= 15 is 0 Å². The lowest BCUT2D eigenvalue weighted by Gasteiger charge is -2.09. The minimum absolute atomic E-state index is 0.0938. The van der Waals surface area contributed by atoms with Crippen molar-refractivity contribution in [3.8, 4) is 0 Å². The number of anilines is 1. The molecule has 130 valence electrons. The monoisotopic (exact) mass is 340 g/mol. The fourth-order valence-corrected chi connectivity index (χ4v) is 1.65. The van der Waals surface area contributed by atoms with Gasteiger partial charge in [-0.25, -0.2) is 0 Å². The van der Waals surface area contributed by atoms with Crippen LogP contribution in [0.2, 0.25) is 0 Å². The second kappa shape index (κ2) is 8.99. The normalized spacial score (nSPS) is 9.88. The second-order valence-electron chi connectivity index (χ2n) is 4.47. The molecule has 0 saturated heterocycles. The fourth-order valence-electron chi connectivity index (χ4n) is 1.65. The highest BCUT2D eigenvalue weighted by atomic mass is 16.6. The van der Waals surface area contributed by atoms with Crippen LogP contribution in [0.25, 0.3) is 0 Å². The highest BCUT2D eigenvalue weighted by Gasteiger charge is 2.19. The Bertz CT molecular complexity index is 649. The zero-order valence-electron chi connectivity index (χ0n) is 12.5. The number of rotatable bonds is 9. The van der Waals surface area contributed by atoms with E-state index in [4.69, 9.17) is 5.73 Å². The predicted octanol–water partition coefficient (Wildman–Crippen LogP) is -0.894. The molecule has 0 spiro atoms. The number of carbonyl (C=O) groups excluding carboxylic acids is 2. The third-order valence-electron chi connectivity index (χ3n) is 2.78. The minimum Gasteiger partial charge on any atom is -0.378 e. The lowest BCUT2D eigenvalue weighted by molar-refractivity contribution is -0.393. The molecular formula is C12H16N6O6. The van der Waals surface area contributed by atoms with Gasteiger partial charge in [-0.3, -0.25) is 29.8 Å². The molecule has 1 aromatic rings. The Hall–Kier alpha value is -3.28. The molecule has 0 aromatic heterocycles. The summed E-state index contributed by atoms with van der Waals surface area (Å²) in [6.45, 7) is -0.174. The van der Waals surface area contributed by atoms with Gasteiger partial charge in [0.05, 0.1) is 29.0 Å². The summed E-state index contributed by atoms with van der Waals surface area (Å²) >= 11 is 0. The van der Waals surface area contributed by atoms with E-state index < -0.39 is 33.0 Å². The molecule has 0 saturated carbocycles. The Morgan fingerprint density at radius 2 is 1.75 bits per heavy atom. The van der Waals surface area contributed by atoms with Gasteiger partial charge < -0.3 is 21.7 Å². The Labute approximate surface area is 135 Å².